The number of rotatable bonds is 8. The fourth-order valence-corrected chi connectivity index (χ4v) is 2.99. The van der Waals surface area contributed by atoms with E-state index in [1.165, 1.54) is 6.07 Å². The smallest absolute Gasteiger partial charge is 0.221 e. The van der Waals surface area contributed by atoms with E-state index >= 15 is 0 Å². The molecule has 0 fully saturated rings. The second-order valence-electron chi connectivity index (χ2n) is 5.22. The highest BCUT2D eigenvalue weighted by molar-refractivity contribution is 7.98. The number of hydrogen-bond donors (Lipinski definition) is 2. The second-order valence-corrected chi connectivity index (χ2v) is 6.32. The molecular formula is C18H22ClFN2OS. The average Bonchev–Trinajstić information content (AvgIpc) is 2.57. The summed E-state index contributed by atoms with van der Waals surface area (Å²) in [6, 6.07) is 16.0. The van der Waals surface area contributed by atoms with Crippen molar-refractivity contribution >= 4 is 30.1 Å². The van der Waals surface area contributed by atoms with Gasteiger partial charge in [0.2, 0.25) is 5.91 Å². The Bertz CT molecular complexity index is 627. The molecule has 2 rings (SSSR count). The Kier molecular flexibility index (Phi) is 9.45. The van der Waals surface area contributed by atoms with Gasteiger partial charge in [-0.1, -0.05) is 48.5 Å². The van der Waals surface area contributed by atoms with Crippen molar-refractivity contribution in [2.24, 2.45) is 5.73 Å². The van der Waals surface area contributed by atoms with Crippen molar-refractivity contribution in [3.8, 4) is 0 Å². The number of thioether (sulfide) groups is 1. The van der Waals surface area contributed by atoms with Gasteiger partial charge in [-0.15, -0.1) is 12.4 Å². The summed E-state index contributed by atoms with van der Waals surface area (Å²) in [6.45, 7) is 0.555. The maximum Gasteiger partial charge on any atom is 0.221 e. The van der Waals surface area contributed by atoms with Gasteiger partial charge in [0.1, 0.15) is 5.82 Å². The minimum absolute atomic E-state index is 0. The van der Waals surface area contributed by atoms with Crippen LogP contribution in [-0.4, -0.2) is 18.2 Å². The SMILES string of the molecule is Cl.NC(CC(=O)NCCSCc1ccccc1F)c1ccccc1. The van der Waals surface area contributed by atoms with Crippen LogP contribution in [0.4, 0.5) is 4.39 Å². The van der Waals surface area contributed by atoms with Gasteiger partial charge in [0.25, 0.3) is 0 Å². The predicted molar refractivity (Wildman–Crippen MR) is 101 cm³/mol. The zero-order valence-corrected chi connectivity index (χ0v) is 14.9. The van der Waals surface area contributed by atoms with Crippen molar-refractivity contribution in [3.63, 3.8) is 0 Å². The van der Waals surface area contributed by atoms with E-state index < -0.39 is 0 Å². The first-order valence-electron chi connectivity index (χ1n) is 7.55. The zero-order valence-electron chi connectivity index (χ0n) is 13.3. The molecular weight excluding hydrogens is 347 g/mol. The molecule has 0 aliphatic rings. The molecule has 3 nitrogen and oxygen atoms in total. The highest BCUT2D eigenvalue weighted by Gasteiger charge is 2.10. The molecule has 0 aromatic heterocycles. The molecule has 0 radical (unpaired) electrons. The van der Waals surface area contributed by atoms with Crippen molar-refractivity contribution in [1.29, 1.82) is 0 Å². The molecule has 0 spiro atoms. The van der Waals surface area contributed by atoms with Crippen molar-refractivity contribution in [3.05, 3.63) is 71.5 Å². The number of carbonyl (C=O) groups excluding carboxylic acids is 1. The topological polar surface area (TPSA) is 55.1 Å². The molecule has 24 heavy (non-hydrogen) atoms. The zero-order chi connectivity index (χ0) is 16.5. The molecule has 6 heteroatoms. The quantitative estimate of drug-likeness (QED) is 0.699. The minimum Gasteiger partial charge on any atom is -0.355 e. The lowest BCUT2D eigenvalue weighted by Crippen LogP contribution is -2.29. The van der Waals surface area contributed by atoms with Gasteiger partial charge < -0.3 is 11.1 Å². The lowest BCUT2D eigenvalue weighted by atomic mass is 10.0. The lowest BCUT2D eigenvalue weighted by Gasteiger charge is -2.12. The van der Waals surface area contributed by atoms with E-state index in [0.717, 1.165) is 11.3 Å². The monoisotopic (exact) mass is 368 g/mol. The summed E-state index contributed by atoms with van der Waals surface area (Å²) < 4.78 is 13.4. The summed E-state index contributed by atoms with van der Waals surface area (Å²) >= 11 is 1.59. The van der Waals surface area contributed by atoms with Crippen LogP contribution in [0.2, 0.25) is 0 Å². The second kappa shape index (κ2) is 11.1. The van der Waals surface area contributed by atoms with Crippen LogP contribution < -0.4 is 11.1 Å². The molecule has 0 aliphatic carbocycles. The number of halogens is 2. The molecule has 1 atom stereocenters. The van der Waals surface area contributed by atoms with Gasteiger partial charge in [-0.05, 0) is 17.2 Å². The van der Waals surface area contributed by atoms with Crippen LogP contribution in [-0.2, 0) is 10.5 Å². The summed E-state index contributed by atoms with van der Waals surface area (Å²) in [7, 11) is 0. The maximum absolute atomic E-state index is 13.4. The number of hydrogen-bond acceptors (Lipinski definition) is 3. The van der Waals surface area contributed by atoms with Crippen molar-refractivity contribution in [2.45, 2.75) is 18.2 Å². The summed E-state index contributed by atoms with van der Waals surface area (Å²) in [5.41, 5.74) is 7.66. The van der Waals surface area contributed by atoms with E-state index in [1.807, 2.05) is 36.4 Å². The first-order valence-corrected chi connectivity index (χ1v) is 8.70. The molecule has 0 aliphatic heterocycles. The third-order valence-corrected chi connectivity index (χ3v) is 4.42. The van der Waals surface area contributed by atoms with Crippen LogP contribution in [0, 0.1) is 5.82 Å². The van der Waals surface area contributed by atoms with E-state index in [2.05, 4.69) is 5.32 Å². The molecule has 3 N–H and O–H groups in total. The number of amides is 1. The lowest BCUT2D eigenvalue weighted by molar-refractivity contribution is -0.121. The maximum atomic E-state index is 13.4. The molecule has 1 unspecified atom stereocenters. The van der Waals surface area contributed by atoms with Crippen LogP contribution in [0.3, 0.4) is 0 Å². The molecule has 2 aromatic carbocycles. The molecule has 0 saturated heterocycles. The normalized spacial score (nSPS) is 11.4. The summed E-state index contributed by atoms with van der Waals surface area (Å²) in [4.78, 5) is 11.9. The fourth-order valence-electron chi connectivity index (χ4n) is 2.15. The Hall–Kier alpha value is -1.56. The van der Waals surface area contributed by atoms with E-state index in [1.54, 1.807) is 23.9 Å². The highest BCUT2D eigenvalue weighted by Crippen LogP contribution is 2.15. The van der Waals surface area contributed by atoms with Gasteiger partial charge in [-0.2, -0.15) is 11.8 Å². The average molecular weight is 369 g/mol. The first-order chi connectivity index (χ1) is 11.2. The van der Waals surface area contributed by atoms with Crippen molar-refractivity contribution in [1.82, 2.24) is 5.32 Å². The van der Waals surface area contributed by atoms with Crippen LogP contribution in [0.25, 0.3) is 0 Å². The number of nitrogens with two attached hydrogens (primary N) is 1. The van der Waals surface area contributed by atoms with Gasteiger partial charge in [0, 0.05) is 30.5 Å². The highest BCUT2D eigenvalue weighted by atomic mass is 35.5. The Morgan fingerprint density at radius 1 is 1.12 bits per heavy atom. The van der Waals surface area contributed by atoms with Gasteiger partial charge in [0.15, 0.2) is 0 Å². The van der Waals surface area contributed by atoms with Gasteiger partial charge in [0.05, 0.1) is 0 Å². The molecule has 0 saturated carbocycles. The van der Waals surface area contributed by atoms with Crippen LogP contribution >= 0.6 is 24.2 Å². The van der Waals surface area contributed by atoms with Crippen LogP contribution in [0.1, 0.15) is 23.6 Å². The molecule has 0 heterocycles. The van der Waals surface area contributed by atoms with Crippen molar-refractivity contribution in [2.75, 3.05) is 12.3 Å². The summed E-state index contributed by atoms with van der Waals surface area (Å²) in [6.07, 6.45) is 0.266. The minimum atomic E-state index is -0.290. The van der Waals surface area contributed by atoms with E-state index in [0.29, 0.717) is 17.9 Å². The number of carbonyl (C=O) groups is 1. The first kappa shape index (κ1) is 20.5. The van der Waals surface area contributed by atoms with Crippen LogP contribution in [0.15, 0.2) is 54.6 Å². The van der Waals surface area contributed by atoms with Crippen molar-refractivity contribution < 1.29 is 9.18 Å². The molecule has 130 valence electrons. The van der Waals surface area contributed by atoms with Gasteiger partial charge in [-0.3, -0.25) is 4.79 Å². The summed E-state index contributed by atoms with van der Waals surface area (Å²) in [5, 5.41) is 2.85. The fraction of sp³-hybridized carbons (Fsp3) is 0.278. The summed E-state index contributed by atoms with van der Waals surface area (Å²) in [5.74, 6) is 1.10. The van der Waals surface area contributed by atoms with E-state index in [-0.39, 0.29) is 36.6 Å². The van der Waals surface area contributed by atoms with E-state index in [4.69, 9.17) is 5.73 Å². The van der Waals surface area contributed by atoms with E-state index in [9.17, 15) is 9.18 Å². The Morgan fingerprint density at radius 3 is 2.50 bits per heavy atom. The molecule has 2 aromatic rings. The number of nitrogens with one attached hydrogen (secondary N) is 1. The third-order valence-electron chi connectivity index (χ3n) is 3.42. The predicted octanol–water partition coefficient (Wildman–Crippen LogP) is 3.69. The standard InChI is InChI=1S/C18H21FN2OS.ClH/c19-16-9-5-4-8-15(16)13-23-11-10-21-18(22)12-17(20)14-6-2-1-3-7-14;/h1-9,17H,10-13,20H2,(H,21,22);1H. The van der Waals surface area contributed by atoms with Gasteiger partial charge >= 0.3 is 0 Å². The third kappa shape index (κ3) is 6.91. The largest absolute Gasteiger partial charge is 0.355 e. The molecule has 0 bridgehead atoms. The molecule has 1 amide bonds. The Morgan fingerprint density at radius 2 is 1.79 bits per heavy atom. The number of benzene rings is 2. The van der Waals surface area contributed by atoms with Crippen LogP contribution in [0.5, 0.6) is 0 Å². The van der Waals surface area contributed by atoms with Gasteiger partial charge in [-0.25, -0.2) is 4.39 Å². The Balaban J connectivity index is 0.00000288. The Labute approximate surface area is 152 Å².